The van der Waals surface area contributed by atoms with Gasteiger partial charge in [-0.15, -0.1) is 0 Å². The molecule has 2 aromatic heterocycles. The molecule has 1 aliphatic rings. The van der Waals surface area contributed by atoms with Crippen molar-refractivity contribution in [2.24, 2.45) is 5.73 Å². The van der Waals surface area contributed by atoms with Crippen LogP contribution in [0.3, 0.4) is 0 Å². The minimum absolute atomic E-state index is 0.0450. The molecule has 0 saturated heterocycles. The lowest BCUT2D eigenvalue weighted by Gasteiger charge is -2.23. The number of fused-ring (bicyclic) bond motifs is 1. The molecule has 3 heterocycles. The van der Waals surface area contributed by atoms with Gasteiger partial charge in [0.1, 0.15) is 23.2 Å². The van der Waals surface area contributed by atoms with Crippen LogP contribution in [0.1, 0.15) is 28.5 Å². The Morgan fingerprint density at radius 2 is 1.91 bits per heavy atom. The molecule has 5 rings (SSSR count). The highest BCUT2D eigenvalue weighted by Crippen LogP contribution is 2.46. The van der Waals surface area contributed by atoms with Crippen molar-refractivity contribution in [3.8, 4) is 29.0 Å². The summed E-state index contributed by atoms with van der Waals surface area (Å²) in [6, 6.07) is 19.8. The van der Waals surface area contributed by atoms with Gasteiger partial charge in [0.15, 0.2) is 0 Å². The largest absolute Gasteiger partial charge is 0.460 e. The SMILES string of the molecule is Cc1ccc(-c2ccc(C3C(C#N)=C(N)Oc4c3c(C)nn4-c3ccccc3)o2)c([N+](=O)[O-])c1. The minimum Gasteiger partial charge on any atom is -0.460 e. The summed E-state index contributed by atoms with van der Waals surface area (Å²) in [5.74, 6) is 0.397. The van der Waals surface area contributed by atoms with E-state index in [9.17, 15) is 15.4 Å². The van der Waals surface area contributed by atoms with Gasteiger partial charge >= 0.3 is 0 Å². The number of nitriles is 1. The lowest BCUT2D eigenvalue weighted by molar-refractivity contribution is -0.384. The van der Waals surface area contributed by atoms with Gasteiger partial charge in [0.2, 0.25) is 11.8 Å². The molecule has 168 valence electrons. The highest BCUT2D eigenvalue weighted by molar-refractivity contribution is 5.70. The van der Waals surface area contributed by atoms with E-state index >= 15 is 0 Å². The minimum atomic E-state index is -0.676. The summed E-state index contributed by atoms with van der Waals surface area (Å²) in [5, 5.41) is 26.1. The summed E-state index contributed by atoms with van der Waals surface area (Å²) in [6.45, 7) is 3.60. The van der Waals surface area contributed by atoms with Crippen LogP contribution in [0.15, 0.2) is 76.5 Å². The number of ether oxygens (including phenoxy) is 1. The molecule has 9 heteroatoms. The summed E-state index contributed by atoms with van der Waals surface area (Å²) in [6.07, 6.45) is 0. The van der Waals surface area contributed by atoms with Gasteiger partial charge < -0.3 is 14.9 Å². The van der Waals surface area contributed by atoms with E-state index in [2.05, 4.69) is 11.2 Å². The first-order valence-corrected chi connectivity index (χ1v) is 10.5. The average Bonchev–Trinajstić information content (AvgIpc) is 3.43. The van der Waals surface area contributed by atoms with Gasteiger partial charge in [0.25, 0.3) is 5.69 Å². The Morgan fingerprint density at radius 3 is 2.62 bits per heavy atom. The van der Waals surface area contributed by atoms with Crippen LogP contribution in [0, 0.1) is 35.3 Å². The van der Waals surface area contributed by atoms with Gasteiger partial charge in [0, 0.05) is 6.07 Å². The van der Waals surface area contributed by atoms with Gasteiger partial charge in [0.05, 0.1) is 33.3 Å². The Kier molecular flexibility index (Phi) is 4.91. The van der Waals surface area contributed by atoms with Crippen LogP contribution in [0.4, 0.5) is 5.69 Å². The lowest BCUT2D eigenvalue weighted by atomic mass is 9.88. The van der Waals surface area contributed by atoms with E-state index in [1.165, 1.54) is 6.07 Å². The molecule has 0 amide bonds. The number of hydrogen-bond acceptors (Lipinski definition) is 7. The Balaban J connectivity index is 1.67. The van der Waals surface area contributed by atoms with Gasteiger partial charge in [-0.1, -0.05) is 24.3 Å². The van der Waals surface area contributed by atoms with Crippen molar-refractivity contribution in [3.05, 3.63) is 105 Å². The number of aryl methyl sites for hydroxylation is 2. The number of nitro groups is 1. The van der Waals surface area contributed by atoms with Crippen LogP contribution in [0.5, 0.6) is 5.88 Å². The predicted octanol–water partition coefficient (Wildman–Crippen LogP) is 4.88. The van der Waals surface area contributed by atoms with Crippen molar-refractivity contribution in [2.75, 3.05) is 0 Å². The predicted molar refractivity (Wildman–Crippen MR) is 123 cm³/mol. The second-order valence-electron chi connectivity index (χ2n) is 7.96. The van der Waals surface area contributed by atoms with Crippen molar-refractivity contribution in [1.82, 2.24) is 9.78 Å². The fourth-order valence-corrected chi connectivity index (χ4v) is 4.20. The summed E-state index contributed by atoms with van der Waals surface area (Å²) >= 11 is 0. The van der Waals surface area contributed by atoms with Crippen LogP contribution in [0.25, 0.3) is 17.0 Å². The van der Waals surface area contributed by atoms with E-state index in [-0.39, 0.29) is 17.1 Å². The first-order chi connectivity index (χ1) is 16.4. The van der Waals surface area contributed by atoms with E-state index < -0.39 is 10.8 Å². The molecule has 0 aliphatic carbocycles. The molecule has 0 fully saturated rings. The lowest BCUT2D eigenvalue weighted by Crippen LogP contribution is -2.21. The Morgan fingerprint density at radius 1 is 1.15 bits per heavy atom. The average molecular weight is 453 g/mol. The Hall–Kier alpha value is -4.84. The number of para-hydroxylation sites is 1. The third-order valence-electron chi connectivity index (χ3n) is 5.76. The normalized spacial score (nSPS) is 14.9. The smallest absolute Gasteiger partial charge is 0.280 e. The quantitative estimate of drug-likeness (QED) is 0.344. The zero-order chi connectivity index (χ0) is 24.0. The van der Waals surface area contributed by atoms with Gasteiger partial charge in [-0.25, -0.2) is 4.68 Å². The van der Waals surface area contributed by atoms with Gasteiger partial charge in [-0.3, -0.25) is 10.1 Å². The second-order valence-corrected chi connectivity index (χ2v) is 7.96. The monoisotopic (exact) mass is 453 g/mol. The number of hydrogen-bond donors (Lipinski definition) is 1. The maximum absolute atomic E-state index is 11.6. The van der Waals surface area contributed by atoms with Crippen LogP contribution in [-0.4, -0.2) is 14.7 Å². The topological polar surface area (TPSA) is 133 Å². The molecule has 9 nitrogen and oxygen atoms in total. The van der Waals surface area contributed by atoms with Crippen molar-refractivity contribution in [1.29, 1.82) is 5.26 Å². The van der Waals surface area contributed by atoms with Crippen LogP contribution < -0.4 is 10.5 Å². The maximum Gasteiger partial charge on any atom is 0.280 e. The molecule has 1 unspecified atom stereocenters. The number of nitrogens with zero attached hydrogens (tertiary/aromatic N) is 4. The van der Waals surface area contributed by atoms with Gasteiger partial charge in [-0.2, -0.15) is 10.4 Å². The third kappa shape index (κ3) is 3.29. The standard InChI is InChI=1S/C25H19N5O4/c1-14-8-9-17(19(12-14)30(31)32)20-10-11-21(33-20)23-18(13-26)24(27)34-25-22(23)15(2)28-29(25)16-6-4-3-5-7-16/h3-12,23H,27H2,1-2H3. The zero-order valence-corrected chi connectivity index (χ0v) is 18.4. The summed E-state index contributed by atoms with van der Waals surface area (Å²) in [4.78, 5) is 11.2. The van der Waals surface area contributed by atoms with E-state index in [1.807, 2.05) is 37.3 Å². The molecule has 34 heavy (non-hydrogen) atoms. The van der Waals surface area contributed by atoms with E-state index in [4.69, 9.17) is 14.9 Å². The van der Waals surface area contributed by atoms with Crippen molar-refractivity contribution in [2.45, 2.75) is 19.8 Å². The Bertz CT molecular complexity index is 1510. The fourth-order valence-electron chi connectivity index (χ4n) is 4.20. The summed E-state index contributed by atoms with van der Waals surface area (Å²) < 4.78 is 13.6. The van der Waals surface area contributed by atoms with Crippen molar-refractivity contribution >= 4 is 5.69 Å². The van der Waals surface area contributed by atoms with Crippen LogP contribution in [-0.2, 0) is 0 Å². The van der Waals surface area contributed by atoms with E-state index in [0.29, 0.717) is 34.2 Å². The fraction of sp³-hybridized carbons (Fsp3) is 0.120. The molecule has 0 saturated carbocycles. The van der Waals surface area contributed by atoms with E-state index in [1.54, 1.807) is 35.9 Å². The molecule has 0 spiro atoms. The second kappa shape index (κ2) is 7.94. The first-order valence-electron chi connectivity index (χ1n) is 10.5. The molecular formula is C25H19N5O4. The summed E-state index contributed by atoms with van der Waals surface area (Å²) in [5.41, 5.74) is 9.45. The van der Waals surface area contributed by atoms with E-state index in [0.717, 1.165) is 11.3 Å². The van der Waals surface area contributed by atoms with Crippen molar-refractivity contribution in [3.63, 3.8) is 0 Å². The molecule has 2 N–H and O–H groups in total. The first kappa shape index (κ1) is 21.0. The number of aromatic nitrogens is 2. The highest BCUT2D eigenvalue weighted by Gasteiger charge is 2.38. The molecule has 0 bridgehead atoms. The highest BCUT2D eigenvalue weighted by atomic mass is 16.6. The molecule has 0 radical (unpaired) electrons. The molecule has 2 aromatic carbocycles. The number of benzene rings is 2. The van der Waals surface area contributed by atoms with Crippen molar-refractivity contribution < 1.29 is 14.1 Å². The zero-order valence-electron chi connectivity index (χ0n) is 18.4. The number of furan rings is 1. The molecule has 4 aromatic rings. The van der Waals surface area contributed by atoms with Crippen LogP contribution in [0.2, 0.25) is 0 Å². The van der Waals surface area contributed by atoms with Crippen LogP contribution >= 0.6 is 0 Å². The summed E-state index contributed by atoms with van der Waals surface area (Å²) in [7, 11) is 0. The number of nitrogens with two attached hydrogens (primary N) is 1. The number of rotatable bonds is 4. The molecule has 1 atom stereocenters. The number of nitro benzene ring substituents is 1. The molecular weight excluding hydrogens is 434 g/mol. The maximum atomic E-state index is 11.6. The van der Waals surface area contributed by atoms with Gasteiger partial charge in [-0.05, 0) is 49.7 Å². The third-order valence-corrected chi connectivity index (χ3v) is 5.76. The number of allylic oxidation sites excluding steroid dienone is 1. The molecule has 1 aliphatic heterocycles. The Labute approximate surface area is 194 Å².